The van der Waals surface area contributed by atoms with E-state index in [9.17, 15) is 17.6 Å². The van der Waals surface area contributed by atoms with E-state index in [2.05, 4.69) is 0 Å². The number of halogens is 4. The topological polar surface area (TPSA) is 47.6 Å². The molecule has 1 rings (SSSR count). The second-order valence-electron chi connectivity index (χ2n) is 2.88. The summed E-state index contributed by atoms with van der Waals surface area (Å²) < 4.78 is 52.4. The summed E-state index contributed by atoms with van der Waals surface area (Å²) in [6, 6.07) is 2.63. The van der Waals surface area contributed by atoms with Gasteiger partial charge in [-0.05, 0) is 6.42 Å². The molecule has 82 valence electrons. The van der Waals surface area contributed by atoms with Crippen LogP contribution in [0.15, 0.2) is 0 Å². The molecule has 0 amide bonds. The molecule has 0 unspecified atom stereocenters. The second-order valence-corrected chi connectivity index (χ2v) is 2.88. The molecular weight excluding hydrogens is 224 g/mol. The van der Waals surface area contributed by atoms with Gasteiger partial charge in [0, 0.05) is 12.0 Å². The van der Waals surface area contributed by atoms with E-state index in [0.717, 1.165) is 6.07 Å². The van der Waals surface area contributed by atoms with Gasteiger partial charge in [-0.3, -0.25) is 0 Å². The van der Waals surface area contributed by atoms with Crippen LogP contribution < -0.4 is 0 Å². The van der Waals surface area contributed by atoms with Gasteiger partial charge in [0.2, 0.25) is 0 Å². The van der Waals surface area contributed by atoms with Gasteiger partial charge in [0.15, 0.2) is 23.3 Å². The predicted octanol–water partition coefficient (Wildman–Crippen LogP) is 2.57. The summed E-state index contributed by atoms with van der Waals surface area (Å²) in [5, 5.41) is 16.5. The van der Waals surface area contributed by atoms with Crippen molar-refractivity contribution in [2.75, 3.05) is 0 Å². The molecule has 0 aliphatic heterocycles. The fraction of sp³-hybridized carbons (Fsp3) is 0.200. The van der Waals surface area contributed by atoms with Gasteiger partial charge in [-0.25, -0.2) is 17.6 Å². The minimum atomic E-state index is -1.73. The number of rotatable bonds is 2. The molecule has 0 saturated heterocycles. The van der Waals surface area contributed by atoms with Crippen LogP contribution in [0.3, 0.4) is 0 Å². The van der Waals surface area contributed by atoms with Gasteiger partial charge in [0.05, 0.1) is 6.07 Å². The first kappa shape index (κ1) is 12.0. The van der Waals surface area contributed by atoms with Crippen LogP contribution in [0.2, 0.25) is 0 Å². The van der Waals surface area contributed by atoms with Crippen LogP contribution >= 0.6 is 0 Å². The Bertz CT molecular complexity index is 482. The SMILES string of the molecule is N#CCCc1c(F)c(F)c(C#N)c(F)c1F. The lowest BCUT2D eigenvalue weighted by Gasteiger charge is -2.06. The first-order valence-electron chi connectivity index (χ1n) is 4.16. The predicted molar refractivity (Wildman–Crippen MR) is 44.9 cm³/mol. The summed E-state index contributed by atoms with van der Waals surface area (Å²) in [5.74, 6) is -6.69. The first-order chi connectivity index (χ1) is 7.54. The molecule has 0 heterocycles. The van der Waals surface area contributed by atoms with Crippen molar-refractivity contribution >= 4 is 0 Å². The van der Waals surface area contributed by atoms with E-state index in [1.807, 2.05) is 0 Å². The lowest BCUT2D eigenvalue weighted by Crippen LogP contribution is -2.06. The summed E-state index contributed by atoms with van der Waals surface area (Å²) in [5.41, 5.74) is -2.15. The van der Waals surface area contributed by atoms with Crippen molar-refractivity contribution in [1.29, 1.82) is 10.5 Å². The zero-order valence-electron chi connectivity index (χ0n) is 7.82. The van der Waals surface area contributed by atoms with E-state index < -0.39 is 40.8 Å². The zero-order chi connectivity index (χ0) is 12.3. The summed E-state index contributed by atoms with van der Waals surface area (Å²) in [6.07, 6.45) is -0.730. The average molecular weight is 228 g/mol. The van der Waals surface area contributed by atoms with E-state index in [1.54, 1.807) is 6.07 Å². The molecule has 6 heteroatoms. The van der Waals surface area contributed by atoms with Crippen LogP contribution in [0.4, 0.5) is 17.6 Å². The number of benzene rings is 1. The van der Waals surface area contributed by atoms with Crippen LogP contribution in [0, 0.1) is 45.9 Å². The minimum absolute atomic E-state index is 0.279. The Balaban J connectivity index is 3.44. The van der Waals surface area contributed by atoms with Crippen LogP contribution in [0.5, 0.6) is 0 Å². The Morgan fingerprint density at radius 1 is 0.875 bits per heavy atom. The maximum Gasteiger partial charge on any atom is 0.180 e. The normalized spacial score (nSPS) is 9.62. The first-order valence-corrected chi connectivity index (χ1v) is 4.16. The van der Waals surface area contributed by atoms with E-state index >= 15 is 0 Å². The minimum Gasteiger partial charge on any atom is -0.203 e. The smallest absolute Gasteiger partial charge is 0.180 e. The molecule has 0 bridgehead atoms. The summed E-state index contributed by atoms with van der Waals surface area (Å²) in [7, 11) is 0. The molecule has 0 spiro atoms. The molecule has 0 N–H and O–H groups in total. The Morgan fingerprint density at radius 3 is 1.75 bits per heavy atom. The van der Waals surface area contributed by atoms with E-state index in [0.29, 0.717) is 0 Å². The van der Waals surface area contributed by atoms with Crippen LogP contribution in [0.25, 0.3) is 0 Å². The fourth-order valence-electron chi connectivity index (χ4n) is 1.18. The average Bonchev–Trinajstić information content (AvgIpc) is 2.27. The van der Waals surface area contributed by atoms with Crippen molar-refractivity contribution in [3.8, 4) is 12.1 Å². The van der Waals surface area contributed by atoms with Gasteiger partial charge in [0.1, 0.15) is 11.6 Å². The molecule has 0 fully saturated rings. The Labute approximate surface area is 88.3 Å². The van der Waals surface area contributed by atoms with Crippen LogP contribution in [-0.4, -0.2) is 0 Å². The number of hydrogen-bond donors (Lipinski definition) is 0. The third-order valence-electron chi connectivity index (χ3n) is 1.95. The molecule has 1 aromatic carbocycles. The summed E-state index contributed by atoms with van der Waals surface area (Å²) >= 11 is 0. The fourth-order valence-corrected chi connectivity index (χ4v) is 1.18. The molecule has 0 atom stereocenters. The van der Waals surface area contributed by atoms with Gasteiger partial charge in [-0.15, -0.1) is 0 Å². The van der Waals surface area contributed by atoms with E-state index in [4.69, 9.17) is 10.5 Å². The Hall–Kier alpha value is -2.08. The van der Waals surface area contributed by atoms with Gasteiger partial charge < -0.3 is 0 Å². The van der Waals surface area contributed by atoms with Crippen molar-refractivity contribution in [1.82, 2.24) is 0 Å². The van der Waals surface area contributed by atoms with Crippen LogP contribution in [0.1, 0.15) is 17.5 Å². The van der Waals surface area contributed by atoms with Crippen LogP contribution in [-0.2, 0) is 6.42 Å². The number of hydrogen-bond acceptors (Lipinski definition) is 2. The maximum atomic E-state index is 13.2. The molecule has 0 aliphatic carbocycles. The molecule has 0 saturated carbocycles. The second kappa shape index (κ2) is 4.63. The molecule has 1 aromatic rings. The van der Waals surface area contributed by atoms with Gasteiger partial charge in [-0.2, -0.15) is 10.5 Å². The number of nitrogens with zero attached hydrogens (tertiary/aromatic N) is 2. The Morgan fingerprint density at radius 2 is 1.38 bits per heavy atom. The largest absolute Gasteiger partial charge is 0.203 e. The highest BCUT2D eigenvalue weighted by Gasteiger charge is 2.24. The van der Waals surface area contributed by atoms with E-state index in [-0.39, 0.29) is 6.42 Å². The van der Waals surface area contributed by atoms with Crippen molar-refractivity contribution in [2.24, 2.45) is 0 Å². The molecule has 2 nitrogen and oxygen atoms in total. The monoisotopic (exact) mass is 228 g/mol. The molecular formula is C10H4F4N2. The lowest BCUT2D eigenvalue weighted by molar-refractivity contribution is 0.435. The van der Waals surface area contributed by atoms with Crippen molar-refractivity contribution < 1.29 is 17.6 Å². The maximum absolute atomic E-state index is 13.2. The third kappa shape index (κ3) is 1.82. The highest BCUT2D eigenvalue weighted by atomic mass is 19.2. The van der Waals surface area contributed by atoms with E-state index in [1.165, 1.54) is 0 Å². The highest BCUT2D eigenvalue weighted by Crippen LogP contribution is 2.24. The van der Waals surface area contributed by atoms with Gasteiger partial charge >= 0.3 is 0 Å². The quantitative estimate of drug-likeness (QED) is 0.576. The molecule has 16 heavy (non-hydrogen) atoms. The molecule has 0 aromatic heterocycles. The highest BCUT2D eigenvalue weighted by molar-refractivity contribution is 5.37. The summed E-state index contributed by atoms with van der Waals surface area (Å²) in [4.78, 5) is 0. The van der Waals surface area contributed by atoms with Gasteiger partial charge in [-0.1, -0.05) is 0 Å². The standard InChI is InChI=1S/C10H4F4N2/c11-7-5(2-1-3-15)8(12)10(14)6(4-16)9(7)13/h1-2H2. The van der Waals surface area contributed by atoms with Crippen molar-refractivity contribution in [3.05, 3.63) is 34.4 Å². The van der Waals surface area contributed by atoms with Gasteiger partial charge in [0.25, 0.3) is 0 Å². The number of nitriles is 2. The lowest BCUT2D eigenvalue weighted by atomic mass is 10.0. The zero-order valence-corrected chi connectivity index (χ0v) is 7.82. The van der Waals surface area contributed by atoms with Crippen molar-refractivity contribution in [3.63, 3.8) is 0 Å². The molecule has 0 radical (unpaired) electrons. The Kier molecular flexibility index (Phi) is 3.47. The third-order valence-corrected chi connectivity index (χ3v) is 1.95. The summed E-state index contributed by atoms with van der Waals surface area (Å²) in [6.45, 7) is 0. The molecule has 0 aliphatic rings. The van der Waals surface area contributed by atoms with Crippen molar-refractivity contribution in [2.45, 2.75) is 12.8 Å².